The molecule has 0 N–H and O–H groups in total. The number of ether oxygens (including phenoxy) is 1. The van der Waals surface area contributed by atoms with Gasteiger partial charge in [0.25, 0.3) is 0 Å². The van der Waals surface area contributed by atoms with Gasteiger partial charge in [-0.05, 0) is 19.3 Å². The Morgan fingerprint density at radius 2 is 2.18 bits per heavy atom. The summed E-state index contributed by atoms with van der Waals surface area (Å²) in [4.78, 5) is 10.9. The average molecular weight is 172 g/mol. The SMILES string of the molecule is O=C1CS[C@H]2CCCC[C@H]2O1. The van der Waals surface area contributed by atoms with E-state index < -0.39 is 0 Å². The molecular formula is C8H12O2S. The number of hydrogen-bond acceptors (Lipinski definition) is 3. The van der Waals surface area contributed by atoms with E-state index in [9.17, 15) is 4.79 Å². The van der Waals surface area contributed by atoms with Gasteiger partial charge in [-0.15, -0.1) is 11.8 Å². The quantitative estimate of drug-likeness (QED) is 0.519. The zero-order chi connectivity index (χ0) is 7.68. The van der Waals surface area contributed by atoms with Gasteiger partial charge in [0.2, 0.25) is 0 Å². The van der Waals surface area contributed by atoms with Crippen molar-refractivity contribution in [1.29, 1.82) is 0 Å². The summed E-state index contributed by atoms with van der Waals surface area (Å²) in [7, 11) is 0. The fourth-order valence-corrected chi connectivity index (χ4v) is 2.92. The van der Waals surface area contributed by atoms with E-state index in [2.05, 4.69) is 0 Å². The van der Waals surface area contributed by atoms with E-state index in [1.54, 1.807) is 11.8 Å². The number of fused-ring (bicyclic) bond motifs is 1. The molecule has 0 aromatic rings. The Labute approximate surface area is 70.7 Å². The highest BCUT2D eigenvalue weighted by Crippen LogP contribution is 2.33. The van der Waals surface area contributed by atoms with Crippen molar-refractivity contribution in [3.8, 4) is 0 Å². The molecule has 0 amide bonds. The van der Waals surface area contributed by atoms with Gasteiger partial charge in [0, 0.05) is 5.25 Å². The Morgan fingerprint density at radius 3 is 3.09 bits per heavy atom. The van der Waals surface area contributed by atoms with E-state index in [1.807, 2.05) is 0 Å². The van der Waals surface area contributed by atoms with Gasteiger partial charge in [-0.2, -0.15) is 0 Å². The summed E-state index contributed by atoms with van der Waals surface area (Å²) < 4.78 is 5.23. The molecule has 62 valence electrons. The number of rotatable bonds is 0. The molecule has 1 heterocycles. The maximum atomic E-state index is 10.9. The summed E-state index contributed by atoms with van der Waals surface area (Å²) in [6.45, 7) is 0. The van der Waals surface area contributed by atoms with E-state index in [1.165, 1.54) is 19.3 Å². The third-order valence-corrected chi connectivity index (χ3v) is 3.71. The van der Waals surface area contributed by atoms with Crippen LogP contribution < -0.4 is 0 Å². The van der Waals surface area contributed by atoms with Gasteiger partial charge < -0.3 is 4.74 Å². The lowest BCUT2D eigenvalue weighted by molar-refractivity contribution is -0.147. The van der Waals surface area contributed by atoms with Crippen molar-refractivity contribution in [2.75, 3.05) is 5.75 Å². The molecule has 0 unspecified atom stereocenters. The van der Waals surface area contributed by atoms with E-state index in [-0.39, 0.29) is 12.1 Å². The highest BCUT2D eigenvalue weighted by atomic mass is 32.2. The molecule has 11 heavy (non-hydrogen) atoms. The van der Waals surface area contributed by atoms with Gasteiger partial charge in [0.1, 0.15) is 6.10 Å². The Kier molecular flexibility index (Phi) is 2.07. The average Bonchev–Trinajstić information content (AvgIpc) is 2.04. The fraction of sp³-hybridized carbons (Fsp3) is 0.875. The summed E-state index contributed by atoms with van der Waals surface area (Å²) in [5, 5.41) is 0.612. The summed E-state index contributed by atoms with van der Waals surface area (Å²) >= 11 is 1.78. The van der Waals surface area contributed by atoms with E-state index in [4.69, 9.17) is 4.74 Å². The first-order valence-electron chi connectivity index (χ1n) is 4.17. The molecule has 0 aromatic heterocycles. The van der Waals surface area contributed by atoms with Crippen LogP contribution in [0.3, 0.4) is 0 Å². The minimum atomic E-state index is -0.0156. The second kappa shape index (κ2) is 3.05. The maximum Gasteiger partial charge on any atom is 0.316 e. The molecular weight excluding hydrogens is 160 g/mol. The van der Waals surface area contributed by atoms with Crippen molar-refractivity contribution >= 4 is 17.7 Å². The topological polar surface area (TPSA) is 26.3 Å². The minimum Gasteiger partial charge on any atom is -0.461 e. The Hall–Kier alpha value is -0.180. The highest BCUT2D eigenvalue weighted by Gasteiger charge is 2.32. The van der Waals surface area contributed by atoms with Crippen LogP contribution in [0.5, 0.6) is 0 Å². The number of carbonyl (C=O) groups excluding carboxylic acids is 1. The molecule has 1 aliphatic heterocycles. The fourth-order valence-electron chi connectivity index (χ4n) is 1.77. The highest BCUT2D eigenvalue weighted by molar-refractivity contribution is 8.00. The maximum absolute atomic E-state index is 10.9. The zero-order valence-electron chi connectivity index (χ0n) is 6.41. The molecule has 3 heteroatoms. The van der Waals surface area contributed by atoms with Crippen LogP contribution in [0.25, 0.3) is 0 Å². The van der Waals surface area contributed by atoms with Crippen LogP contribution in [-0.4, -0.2) is 23.1 Å². The van der Waals surface area contributed by atoms with Crippen LogP contribution in [0, 0.1) is 0 Å². The van der Waals surface area contributed by atoms with Crippen molar-refractivity contribution in [2.24, 2.45) is 0 Å². The minimum absolute atomic E-state index is 0.0156. The van der Waals surface area contributed by atoms with Crippen molar-refractivity contribution in [2.45, 2.75) is 37.0 Å². The first-order chi connectivity index (χ1) is 5.36. The standard InChI is InChI=1S/C8H12O2S/c9-8-5-11-7-4-2-1-3-6(7)10-8/h6-7H,1-5H2/t6-,7+/m1/s1. The lowest BCUT2D eigenvalue weighted by Gasteiger charge is -2.33. The van der Waals surface area contributed by atoms with Crippen molar-refractivity contribution < 1.29 is 9.53 Å². The predicted octanol–water partition coefficient (Wildman–Crippen LogP) is 1.59. The first-order valence-corrected chi connectivity index (χ1v) is 5.22. The number of esters is 1. The number of thioether (sulfide) groups is 1. The van der Waals surface area contributed by atoms with Crippen LogP contribution in [0.2, 0.25) is 0 Å². The summed E-state index contributed by atoms with van der Waals surface area (Å²) in [5.41, 5.74) is 0. The molecule has 2 atom stereocenters. The monoisotopic (exact) mass is 172 g/mol. The van der Waals surface area contributed by atoms with Crippen LogP contribution in [0.15, 0.2) is 0 Å². The molecule has 2 nitrogen and oxygen atoms in total. The van der Waals surface area contributed by atoms with E-state index in [0.29, 0.717) is 11.0 Å². The van der Waals surface area contributed by atoms with Gasteiger partial charge >= 0.3 is 5.97 Å². The van der Waals surface area contributed by atoms with Gasteiger partial charge in [-0.25, -0.2) is 0 Å². The van der Waals surface area contributed by atoms with Crippen LogP contribution in [-0.2, 0) is 9.53 Å². The molecule has 1 aliphatic carbocycles. The largest absolute Gasteiger partial charge is 0.461 e. The third-order valence-electron chi connectivity index (χ3n) is 2.34. The number of hydrogen-bond donors (Lipinski definition) is 0. The van der Waals surface area contributed by atoms with Gasteiger partial charge in [-0.3, -0.25) is 4.79 Å². The first kappa shape index (κ1) is 7.47. The summed E-state index contributed by atoms with van der Waals surface area (Å²) in [6.07, 6.45) is 5.11. The normalized spacial score (nSPS) is 37.6. The third kappa shape index (κ3) is 1.53. The van der Waals surface area contributed by atoms with Crippen molar-refractivity contribution in [3.05, 3.63) is 0 Å². The van der Waals surface area contributed by atoms with Gasteiger partial charge in [-0.1, -0.05) is 6.42 Å². The lowest BCUT2D eigenvalue weighted by Crippen LogP contribution is -2.37. The molecule has 2 rings (SSSR count). The predicted molar refractivity (Wildman–Crippen MR) is 44.6 cm³/mol. The van der Waals surface area contributed by atoms with E-state index in [0.717, 1.165) is 6.42 Å². The lowest BCUT2D eigenvalue weighted by atomic mass is 9.97. The van der Waals surface area contributed by atoms with Crippen LogP contribution in [0.1, 0.15) is 25.7 Å². The Bertz CT molecular complexity index is 169. The van der Waals surface area contributed by atoms with Crippen LogP contribution >= 0.6 is 11.8 Å². The summed E-state index contributed by atoms with van der Waals surface area (Å²) in [6, 6.07) is 0. The molecule has 0 aromatic carbocycles. The van der Waals surface area contributed by atoms with Gasteiger partial charge in [0.15, 0.2) is 0 Å². The summed E-state index contributed by atoms with van der Waals surface area (Å²) in [5.74, 6) is 0.555. The van der Waals surface area contributed by atoms with Crippen molar-refractivity contribution in [1.82, 2.24) is 0 Å². The Morgan fingerprint density at radius 1 is 1.36 bits per heavy atom. The number of carbonyl (C=O) groups is 1. The second-order valence-corrected chi connectivity index (χ2v) is 4.39. The van der Waals surface area contributed by atoms with Crippen molar-refractivity contribution in [3.63, 3.8) is 0 Å². The molecule has 1 saturated carbocycles. The molecule has 0 radical (unpaired) electrons. The molecule has 2 aliphatic rings. The zero-order valence-corrected chi connectivity index (χ0v) is 7.23. The van der Waals surface area contributed by atoms with Crippen LogP contribution in [0.4, 0.5) is 0 Å². The molecule has 0 spiro atoms. The second-order valence-electron chi connectivity index (χ2n) is 3.16. The molecule has 0 bridgehead atoms. The Balaban J connectivity index is 1.98. The molecule has 1 saturated heterocycles. The smallest absolute Gasteiger partial charge is 0.316 e. The molecule has 2 fully saturated rings. The van der Waals surface area contributed by atoms with E-state index >= 15 is 0 Å². The van der Waals surface area contributed by atoms with Gasteiger partial charge in [0.05, 0.1) is 5.75 Å².